The quantitative estimate of drug-likeness (QED) is 0.181. The topological polar surface area (TPSA) is 126 Å². The van der Waals surface area contributed by atoms with Crippen molar-refractivity contribution in [2.75, 3.05) is 26.7 Å². The largest absolute Gasteiger partial charge is 0.356 e. The minimum Gasteiger partial charge on any atom is -0.356 e. The highest BCUT2D eigenvalue weighted by Gasteiger charge is 2.22. The number of nitrogens with one attached hydrogen (secondary N) is 3. The molecule has 1 aromatic heterocycles. The summed E-state index contributed by atoms with van der Waals surface area (Å²) < 4.78 is 27.0. The van der Waals surface area contributed by atoms with Crippen LogP contribution >= 0.6 is 11.3 Å². The molecular formula is C18H25N5O4S2. The average Bonchev–Trinajstić information content (AvgIpc) is 3.23. The molecule has 3 N–H and O–H groups in total. The van der Waals surface area contributed by atoms with Gasteiger partial charge >= 0.3 is 0 Å². The Morgan fingerprint density at radius 1 is 1.21 bits per heavy atom. The second-order valence-corrected chi connectivity index (χ2v) is 9.58. The average molecular weight is 440 g/mol. The fourth-order valence-electron chi connectivity index (χ4n) is 2.49. The van der Waals surface area contributed by atoms with Crippen molar-refractivity contribution in [3.8, 4) is 0 Å². The van der Waals surface area contributed by atoms with Crippen molar-refractivity contribution < 1.29 is 13.3 Å². The number of thiophene rings is 1. The Morgan fingerprint density at radius 3 is 2.59 bits per heavy atom. The molecule has 0 radical (unpaired) electrons. The second-order valence-electron chi connectivity index (χ2n) is 6.87. The van der Waals surface area contributed by atoms with Gasteiger partial charge in [0.15, 0.2) is 5.96 Å². The summed E-state index contributed by atoms with van der Waals surface area (Å²) in [5.74, 6) is 0.559. The standard InChI is InChI=1S/C18H25N5O4S2/c1-18(2,16-8-5-11-28-16)13-21-17(19-3)20-9-10-22-29(26,27)15-7-4-6-14(12-15)23(24)25/h4-8,11-12,22H,9-10,13H2,1-3H3,(H2,19,20,21). The summed E-state index contributed by atoms with van der Waals surface area (Å²) in [4.78, 5) is 15.4. The molecule has 0 aliphatic heterocycles. The van der Waals surface area contributed by atoms with Gasteiger partial charge in [0, 0.05) is 49.1 Å². The molecule has 1 aromatic carbocycles. The summed E-state index contributed by atoms with van der Waals surface area (Å²) in [6.45, 7) is 5.32. The molecular weight excluding hydrogens is 414 g/mol. The van der Waals surface area contributed by atoms with Crippen LogP contribution < -0.4 is 15.4 Å². The van der Waals surface area contributed by atoms with Gasteiger partial charge in [-0.15, -0.1) is 11.3 Å². The van der Waals surface area contributed by atoms with Gasteiger partial charge in [0.1, 0.15) is 0 Å². The highest BCUT2D eigenvalue weighted by Crippen LogP contribution is 2.26. The highest BCUT2D eigenvalue weighted by atomic mass is 32.2. The van der Waals surface area contributed by atoms with Crippen LogP contribution in [0.15, 0.2) is 51.7 Å². The van der Waals surface area contributed by atoms with E-state index in [0.717, 1.165) is 6.07 Å². The van der Waals surface area contributed by atoms with Gasteiger partial charge in [-0.2, -0.15) is 0 Å². The van der Waals surface area contributed by atoms with E-state index < -0.39 is 14.9 Å². The monoisotopic (exact) mass is 439 g/mol. The molecule has 0 amide bonds. The van der Waals surface area contributed by atoms with Crippen LogP contribution in [0, 0.1) is 10.1 Å². The number of sulfonamides is 1. The summed E-state index contributed by atoms with van der Waals surface area (Å²) in [5, 5.41) is 19.1. The smallest absolute Gasteiger partial charge is 0.270 e. The van der Waals surface area contributed by atoms with Crippen LogP contribution in [0.5, 0.6) is 0 Å². The van der Waals surface area contributed by atoms with E-state index in [9.17, 15) is 18.5 Å². The lowest BCUT2D eigenvalue weighted by atomic mass is 9.91. The van der Waals surface area contributed by atoms with E-state index in [-0.39, 0.29) is 22.5 Å². The zero-order chi connectivity index (χ0) is 21.5. The van der Waals surface area contributed by atoms with E-state index in [4.69, 9.17) is 0 Å². The van der Waals surface area contributed by atoms with Crippen molar-refractivity contribution in [2.45, 2.75) is 24.2 Å². The van der Waals surface area contributed by atoms with Crippen molar-refractivity contribution in [3.63, 3.8) is 0 Å². The van der Waals surface area contributed by atoms with Gasteiger partial charge in [-0.05, 0) is 17.5 Å². The zero-order valence-corrected chi connectivity index (χ0v) is 18.1. The molecule has 0 aliphatic rings. The van der Waals surface area contributed by atoms with Crippen LogP contribution in [0.3, 0.4) is 0 Å². The third kappa shape index (κ3) is 6.51. The number of non-ortho nitro benzene ring substituents is 1. The maximum absolute atomic E-state index is 12.3. The van der Waals surface area contributed by atoms with Crippen LogP contribution in [0.4, 0.5) is 5.69 Å². The highest BCUT2D eigenvalue weighted by molar-refractivity contribution is 7.89. The van der Waals surface area contributed by atoms with Crippen LogP contribution in [-0.4, -0.2) is 46.0 Å². The Hall–Kier alpha value is -2.50. The predicted octanol–water partition coefficient (Wildman–Crippen LogP) is 2.08. The zero-order valence-electron chi connectivity index (χ0n) is 16.5. The Kier molecular flexibility index (Phi) is 7.71. The Bertz CT molecular complexity index is 956. The number of nitro groups is 1. The molecule has 29 heavy (non-hydrogen) atoms. The Balaban J connectivity index is 1.83. The fraction of sp³-hybridized carbons (Fsp3) is 0.389. The molecule has 0 atom stereocenters. The number of nitro benzene ring substituents is 1. The number of rotatable bonds is 9. The number of guanidine groups is 1. The summed E-state index contributed by atoms with van der Waals surface area (Å²) >= 11 is 1.69. The second kappa shape index (κ2) is 9.81. The van der Waals surface area contributed by atoms with E-state index in [1.807, 2.05) is 11.4 Å². The van der Waals surface area contributed by atoms with Crippen molar-refractivity contribution in [1.82, 2.24) is 15.4 Å². The summed E-state index contributed by atoms with van der Waals surface area (Å²) in [6, 6.07) is 9.03. The number of hydrogen-bond donors (Lipinski definition) is 3. The maximum atomic E-state index is 12.3. The molecule has 2 rings (SSSR count). The van der Waals surface area contributed by atoms with Gasteiger partial charge < -0.3 is 10.6 Å². The molecule has 11 heteroatoms. The molecule has 0 spiro atoms. The van der Waals surface area contributed by atoms with E-state index in [2.05, 4.69) is 40.3 Å². The van der Waals surface area contributed by atoms with Gasteiger partial charge in [-0.25, -0.2) is 13.1 Å². The van der Waals surface area contributed by atoms with Gasteiger partial charge in [0.05, 0.1) is 9.82 Å². The van der Waals surface area contributed by atoms with E-state index in [0.29, 0.717) is 19.0 Å². The van der Waals surface area contributed by atoms with Crippen LogP contribution in [0.2, 0.25) is 0 Å². The van der Waals surface area contributed by atoms with Crippen molar-refractivity contribution in [3.05, 3.63) is 56.8 Å². The third-order valence-electron chi connectivity index (χ3n) is 4.16. The fourth-order valence-corrected chi connectivity index (χ4v) is 4.41. The first-order valence-electron chi connectivity index (χ1n) is 8.88. The molecule has 0 saturated heterocycles. The molecule has 1 heterocycles. The molecule has 0 aliphatic carbocycles. The Morgan fingerprint density at radius 2 is 1.97 bits per heavy atom. The van der Waals surface area contributed by atoms with Crippen LogP contribution in [-0.2, 0) is 15.4 Å². The molecule has 0 unspecified atom stereocenters. The molecule has 9 nitrogen and oxygen atoms in total. The third-order valence-corrected chi connectivity index (χ3v) is 6.85. The molecule has 158 valence electrons. The van der Waals surface area contributed by atoms with Gasteiger partial charge in [-0.1, -0.05) is 26.0 Å². The molecule has 0 bridgehead atoms. The van der Waals surface area contributed by atoms with Gasteiger partial charge in [0.25, 0.3) is 5.69 Å². The van der Waals surface area contributed by atoms with Crippen molar-refractivity contribution >= 4 is 33.0 Å². The van der Waals surface area contributed by atoms with E-state index in [1.54, 1.807) is 18.4 Å². The minimum absolute atomic E-state index is 0.0740. The normalized spacial score (nSPS) is 12.6. The minimum atomic E-state index is -3.84. The van der Waals surface area contributed by atoms with E-state index in [1.165, 1.54) is 23.1 Å². The summed E-state index contributed by atoms with van der Waals surface area (Å²) in [7, 11) is -2.20. The van der Waals surface area contributed by atoms with Gasteiger partial charge in [0.2, 0.25) is 10.0 Å². The SMILES string of the molecule is CN=C(NCCNS(=O)(=O)c1cccc([N+](=O)[O-])c1)NCC(C)(C)c1cccs1. The van der Waals surface area contributed by atoms with Crippen LogP contribution in [0.1, 0.15) is 18.7 Å². The first-order valence-corrected chi connectivity index (χ1v) is 11.2. The molecule has 0 saturated carbocycles. The van der Waals surface area contributed by atoms with Gasteiger partial charge in [-0.3, -0.25) is 15.1 Å². The predicted molar refractivity (Wildman–Crippen MR) is 115 cm³/mol. The van der Waals surface area contributed by atoms with Crippen molar-refractivity contribution in [2.24, 2.45) is 4.99 Å². The number of nitrogens with zero attached hydrogens (tertiary/aromatic N) is 2. The number of benzene rings is 1. The number of aliphatic imine (C=N–C) groups is 1. The van der Waals surface area contributed by atoms with Crippen LogP contribution in [0.25, 0.3) is 0 Å². The lowest BCUT2D eigenvalue weighted by molar-refractivity contribution is -0.385. The summed E-state index contributed by atoms with van der Waals surface area (Å²) in [5.41, 5.74) is -0.348. The van der Waals surface area contributed by atoms with Crippen molar-refractivity contribution in [1.29, 1.82) is 0 Å². The summed E-state index contributed by atoms with van der Waals surface area (Å²) in [6.07, 6.45) is 0. The first-order chi connectivity index (χ1) is 13.7. The molecule has 0 fully saturated rings. The maximum Gasteiger partial charge on any atom is 0.270 e. The lowest BCUT2D eigenvalue weighted by Crippen LogP contribution is -2.45. The lowest BCUT2D eigenvalue weighted by Gasteiger charge is -2.25. The Labute approximate surface area is 174 Å². The number of hydrogen-bond acceptors (Lipinski definition) is 6. The molecule has 2 aromatic rings. The van der Waals surface area contributed by atoms with E-state index >= 15 is 0 Å². The first kappa shape index (κ1) is 22.8.